The van der Waals surface area contributed by atoms with Gasteiger partial charge in [0.05, 0.1) is 25.5 Å². The quantitative estimate of drug-likeness (QED) is 0.198. The third-order valence-electron chi connectivity index (χ3n) is 4.19. The molecule has 30 heavy (non-hydrogen) atoms. The van der Waals surface area contributed by atoms with Gasteiger partial charge < -0.3 is 24.8 Å². The van der Waals surface area contributed by atoms with Gasteiger partial charge in [-0.15, -0.1) is 24.0 Å². The number of H-pyrrole nitrogens is 1. The summed E-state index contributed by atoms with van der Waals surface area (Å²) in [5.41, 5.74) is 1.84. The van der Waals surface area contributed by atoms with Crippen molar-refractivity contribution in [2.45, 2.75) is 33.2 Å². The molecule has 0 atom stereocenters. The molecule has 0 saturated carbocycles. The molecular weight excluding hydrogens is 497 g/mol. The van der Waals surface area contributed by atoms with Crippen molar-refractivity contribution in [2.24, 2.45) is 10.9 Å². The molecular formula is C21H32IN5O3. The van der Waals surface area contributed by atoms with Crippen molar-refractivity contribution in [3.05, 3.63) is 36.2 Å². The number of nitrogens with one attached hydrogen (secondary N) is 3. The number of nitrogens with zero attached hydrogens (tertiary/aromatic N) is 2. The highest BCUT2D eigenvalue weighted by atomic mass is 127. The summed E-state index contributed by atoms with van der Waals surface area (Å²) in [5, 5.41) is 13.6. The number of ether oxygens (including phenoxy) is 3. The Morgan fingerprint density at radius 1 is 1.23 bits per heavy atom. The van der Waals surface area contributed by atoms with E-state index in [2.05, 4.69) is 39.7 Å². The zero-order valence-electron chi connectivity index (χ0n) is 17.6. The molecule has 0 saturated heterocycles. The molecule has 2 aromatic rings. The normalized spacial score (nSPS) is 13.5. The minimum atomic E-state index is 0. The second kappa shape index (κ2) is 13.3. The maximum atomic E-state index is 5.78. The molecule has 0 aliphatic carbocycles. The number of guanidine groups is 1. The number of hydrogen-bond acceptors (Lipinski definition) is 5. The van der Waals surface area contributed by atoms with Crippen molar-refractivity contribution in [2.75, 3.05) is 38.3 Å². The van der Waals surface area contributed by atoms with Crippen LogP contribution in [-0.2, 0) is 11.3 Å². The standard InChI is InChI=1S/C21H31N5O3.HI/c1-16(2)15-27-10-3-8-22-21(23-14-18-7-9-24-26-18)25-17-5-6-19-20(13-17)29-12-4-11-28-19;/h5-7,9,13,16H,3-4,8,10-12,14-15H2,1-2H3,(H,24,26)(H2,22,23,25);1H. The average Bonchev–Trinajstić information content (AvgIpc) is 3.12. The van der Waals surface area contributed by atoms with E-state index in [1.807, 2.05) is 24.3 Å². The van der Waals surface area contributed by atoms with Crippen molar-refractivity contribution in [1.82, 2.24) is 15.5 Å². The number of fused-ring (bicyclic) bond motifs is 1. The number of rotatable bonds is 9. The summed E-state index contributed by atoms with van der Waals surface area (Å²) in [5.74, 6) is 2.77. The van der Waals surface area contributed by atoms with E-state index in [0.717, 1.165) is 55.5 Å². The van der Waals surface area contributed by atoms with Crippen LogP contribution < -0.4 is 20.1 Å². The van der Waals surface area contributed by atoms with Crippen LogP contribution in [0.5, 0.6) is 11.5 Å². The lowest BCUT2D eigenvalue weighted by Gasteiger charge is -2.15. The van der Waals surface area contributed by atoms with Crippen molar-refractivity contribution in [1.29, 1.82) is 0 Å². The first-order chi connectivity index (χ1) is 14.2. The fraction of sp³-hybridized carbons (Fsp3) is 0.524. The SMILES string of the molecule is CC(C)COCCCNC(=NCc1ccn[nH]1)Nc1ccc2c(c1)OCCCO2.I. The van der Waals surface area contributed by atoms with Crippen LogP contribution >= 0.6 is 24.0 Å². The van der Waals surface area contributed by atoms with Crippen molar-refractivity contribution in [3.8, 4) is 11.5 Å². The molecule has 1 aliphatic heterocycles. The number of aromatic nitrogens is 2. The summed E-state index contributed by atoms with van der Waals surface area (Å²) in [6, 6.07) is 7.75. The van der Waals surface area contributed by atoms with E-state index in [0.29, 0.717) is 31.6 Å². The van der Waals surface area contributed by atoms with Crippen LogP contribution in [0.1, 0.15) is 32.4 Å². The maximum Gasteiger partial charge on any atom is 0.196 e. The number of halogens is 1. The molecule has 166 valence electrons. The van der Waals surface area contributed by atoms with E-state index in [-0.39, 0.29) is 24.0 Å². The van der Waals surface area contributed by atoms with Crippen LogP contribution in [0.3, 0.4) is 0 Å². The molecule has 8 nitrogen and oxygen atoms in total. The molecule has 0 unspecified atom stereocenters. The predicted molar refractivity (Wildman–Crippen MR) is 129 cm³/mol. The summed E-state index contributed by atoms with van der Waals surface area (Å²) in [4.78, 5) is 4.65. The van der Waals surface area contributed by atoms with Crippen LogP contribution in [0.2, 0.25) is 0 Å². The first-order valence-corrected chi connectivity index (χ1v) is 10.2. The average molecular weight is 529 g/mol. The van der Waals surface area contributed by atoms with Crippen LogP contribution in [0.25, 0.3) is 0 Å². The highest BCUT2D eigenvalue weighted by Gasteiger charge is 2.11. The van der Waals surface area contributed by atoms with E-state index < -0.39 is 0 Å². The highest BCUT2D eigenvalue weighted by Crippen LogP contribution is 2.32. The monoisotopic (exact) mass is 529 g/mol. The first kappa shape index (κ1) is 24.3. The molecule has 0 radical (unpaired) electrons. The number of aliphatic imine (C=N–C) groups is 1. The largest absolute Gasteiger partial charge is 0.490 e. The number of aromatic amines is 1. The fourth-order valence-electron chi connectivity index (χ4n) is 2.75. The third kappa shape index (κ3) is 8.39. The molecule has 1 aliphatic rings. The smallest absolute Gasteiger partial charge is 0.196 e. The Morgan fingerprint density at radius 2 is 2.07 bits per heavy atom. The Kier molecular flexibility index (Phi) is 10.8. The number of benzene rings is 1. The molecule has 0 spiro atoms. The maximum absolute atomic E-state index is 5.78. The molecule has 1 aromatic heterocycles. The van der Waals surface area contributed by atoms with Gasteiger partial charge in [-0.1, -0.05) is 13.8 Å². The summed E-state index contributed by atoms with van der Waals surface area (Å²) < 4.78 is 17.1. The number of hydrogen-bond donors (Lipinski definition) is 3. The minimum absolute atomic E-state index is 0. The second-order valence-electron chi connectivity index (χ2n) is 7.33. The van der Waals surface area contributed by atoms with Crippen molar-refractivity contribution in [3.63, 3.8) is 0 Å². The van der Waals surface area contributed by atoms with E-state index in [9.17, 15) is 0 Å². The van der Waals surface area contributed by atoms with Crippen LogP contribution in [0.4, 0.5) is 5.69 Å². The van der Waals surface area contributed by atoms with E-state index in [1.165, 1.54) is 0 Å². The predicted octanol–water partition coefficient (Wildman–Crippen LogP) is 3.81. The Morgan fingerprint density at radius 3 is 2.83 bits per heavy atom. The van der Waals surface area contributed by atoms with E-state index >= 15 is 0 Å². The molecule has 0 amide bonds. The van der Waals surface area contributed by atoms with E-state index in [1.54, 1.807) is 6.20 Å². The van der Waals surface area contributed by atoms with E-state index in [4.69, 9.17) is 14.2 Å². The van der Waals surface area contributed by atoms with Crippen LogP contribution in [-0.4, -0.2) is 49.1 Å². The van der Waals surface area contributed by atoms with Crippen molar-refractivity contribution < 1.29 is 14.2 Å². The van der Waals surface area contributed by atoms with Crippen LogP contribution in [0.15, 0.2) is 35.5 Å². The summed E-state index contributed by atoms with van der Waals surface area (Å²) in [6.45, 7) is 8.42. The molecule has 9 heteroatoms. The highest BCUT2D eigenvalue weighted by molar-refractivity contribution is 14.0. The van der Waals surface area contributed by atoms with Gasteiger partial charge in [-0.25, -0.2) is 4.99 Å². The Labute approximate surface area is 195 Å². The van der Waals surface area contributed by atoms with Gasteiger partial charge in [-0.2, -0.15) is 5.10 Å². The third-order valence-corrected chi connectivity index (χ3v) is 4.19. The van der Waals surface area contributed by atoms with Gasteiger partial charge in [0.15, 0.2) is 17.5 Å². The lowest BCUT2D eigenvalue weighted by molar-refractivity contribution is 0.108. The van der Waals surface area contributed by atoms with Crippen molar-refractivity contribution >= 4 is 35.6 Å². The zero-order valence-corrected chi connectivity index (χ0v) is 20.0. The zero-order chi connectivity index (χ0) is 20.3. The molecule has 0 fully saturated rings. The van der Waals surface area contributed by atoms with Crippen LogP contribution in [0, 0.1) is 5.92 Å². The van der Waals surface area contributed by atoms with Gasteiger partial charge in [0.2, 0.25) is 0 Å². The Bertz CT molecular complexity index is 768. The molecule has 2 heterocycles. The lowest BCUT2D eigenvalue weighted by atomic mass is 10.2. The van der Waals surface area contributed by atoms with Gasteiger partial charge in [-0.3, -0.25) is 5.10 Å². The van der Waals surface area contributed by atoms with Gasteiger partial charge in [0.1, 0.15) is 0 Å². The molecule has 0 bridgehead atoms. The van der Waals surface area contributed by atoms with Gasteiger partial charge in [0.25, 0.3) is 0 Å². The Balaban J connectivity index is 0.00000320. The second-order valence-corrected chi connectivity index (χ2v) is 7.33. The summed E-state index contributed by atoms with van der Waals surface area (Å²) in [6.07, 6.45) is 3.51. The van der Waals surface area contributed by atoms with Gasteiger partial charge in [-0.05, 0) is 30.5 Å². The number of anilines is 1. The first-order valence-electron chi connectivity index (χ1n) is 10.2. The molecule has 3 N–H and O–H groups in total. The summed E-state index contributed by atoms with van der Waals surface area (Å²) >= 11 is 0. The topological polar surface area (TPSA) is 92.8 Å². The fourth-order valence-corrected chi connectivity index (χ4v) is 2.75. The molecule has 3 rings (SSSR count). The minimum Gasteiger partial charge on any atom is -0.490 e. The van der Waals surface area contributed by atoms with Gasteiger partial charge >= 0.3 is 0 Å². The summed E-state index contributed by atoms with van der Waals surface area (Å²) in [7, 11) is 0. The van der Waals surface area contributed by atoms with Gasteiger partial charge in [0, 0.05) is 44.1 Å². The molecule has 1 aromatic carbocycles. The Hall–Kier alpha value is -2.01. The lowest BCUT2D eigenvalue weighted by Crippen LogP contribution is -2.32.